The summed E-state index contributed by atoms with van der Waals surface area (Å²) in [4.78, 5) is 12.7. The Bertz CT molecular complexity index is 861. The van der Waals surface area contributed by atoms with E-state index in [1.807, 2.05) is 42.5 Å². The number of anilines is 2. The second-order valence-electron chi connectivity index (χ2n) is 7.55. The Balaban J connectivity index is 1.66. The van der Waals surface area contributed by atoms with Gasteiger partial charge in [0.2, 0.25) is 6.29 Å². The quantitative estimate of drug-likeness (QED) is 0.619. The fourth-order valence-electron chi connectivity index (χ4n) is 3.13. The highest BCUT2D eigenvalue weighted by molar-refractivity contribution is 6.04. The lowest BCUT2D eigenvalue weighted by atomic mass is 9.90. The van der Waals surface area contributed by atoms with Crippen LogP contribution in [0.1, 0.15) is 31.4 Å². The van der Waals surface area contributed by atoms with Crippen molar-refractivity contribution in [2.24, 2.45) is 11.8 Å². The van der Waals surface area contributed by atoms with Gasteiger partial charge in [-0.15, -0.1) is 0 Å². The average molecular weight is 396 g/mol. The first-order chi connectivity index (χ1) is 14.0. The number of ether oxygens (including phenoxy) is 2. The molecule has 6 heteroatoms. The molecule has 1 aliphatic rings. The van der Waals surface area contributed by atoms with E-state index >= 15 is 0 Å². The van der Waals surface area contributed by atoms with Crippen molar-refractivity contribution in [3.05, 3.63) is 71.5 Å². The highest BCUT2D eigenvalue weighted by Gasteiger charge is 2.29. The zero-order valence-electron chi connectivity index (χ0n) is 16.8. The van der Waals surface area contributed by atoms with Crippen LogP contribution in [0.5, 0.6) is 0 Å². The lowest BCUT2D eigenvalue weighted by Crippen LogP contribution is -2.31. The number of carbonyl (C=O) groups is 1. The van der Waals surface area contributed by atoms with Crippen LogP contribution in [0, 0.1) is 11.8 Å². The number of hydrogen-bond acceptors (Lipinski definition) is 5. The van der Waals surface area contributed by atoms with Gasteiger partial charge in [0.05, 0.1) is 24.6 Å². The van der Waals surface area contributed by atoms with Gasteiger partial charge in [-0.1, -0.05) is 50.2 Å². The first-order valence-corrected chi connectivity index (χ1v) is 9.81. The monoisotopic (exact) mass is 396 g/mol. The van der Waals surface area contributed by atoms with Gasteiger partial charge in [-0.2, -0.15) is 0 Å². The summed E-state index contributed by atoms with van der Waals surface area (Å²) >= 11 is 0. The average Bonchev–Trinajstić information content (AvgIpc) is 2.74. The van der Waals surface area contributed by atoms with Crippen molar-refractivity contribution in [3.8, 4) is 0 Å². The predicted molar refractivity (Wildman–Crippen MR) is 113 cm³/mol. The number of amides is 1. The van der Waals surface area contributed by atoms with Crippen LogP contribution in [-0.2, 0) is 27.5 Å². The number of nitrogens with one attached hydrogen (secondary N) is 1. The van der Waals surface area contributed by atoms with Crippen molar-refractivity contribution < 1.29 is 19.4 Å². The number of para-hydroxylation sites is 2. The zero-order valence-corrected chi connectivity index (χ0v) is 16.8. The van der Waals surface area contributed by atoms with E-state index in [9.17, 15) is 4.79 Å². The molecule has 0 fully saturated rings. The number of allylic oxidation sites excluding steroid dienone is 1. The normalized spacial score (nSPS) is 18.8. The molecule has 29 heavy (non-hydrogen) atoms. The molecule has 6 nitrogen and oxygen atoms in total. The number of nitrogen functional groups attached to an aromatic ring is 1. The molecule has 154 valence electrons. The topological polar surface area (TPSA) is 93.8 Å². The largest absolute Gasteiger partial charge is 0.459 e. The lowest BCUT2D eigenvalue weighted by molar-refractivity contribution is -0.152. The number of hydrogen-bond donors (Lipinski definition) is 3. The van der Waals surface area contributed by atoms with Crippen LogP contribution in [0.4, 0.5) is 11.4 Å². The van der Waals surface area contributed by atoms with Crippen molar-refractivity contribution in [2.75, 3.05) is 11.1 Å². The third kappa shape index (κ3) is 5.59. The second-order valence-corrected chi connectivity index (χ2v) is 7.55. The van der Waals surface area contributed by atoms with Gasteiger partial charge in [0.15, 0.2) is 5.76 Å². The molecule has 0 saturated heterocycles. The Kier molecular flexibility index (Phi) is 6.90. The molecule has 1 aliphatic heterocycles. The van der Waals surface area contributed by atoms with Crippen molar-refractivity contribution in [1.29, 1.82) is 0 Å². The van der Waals surface area contributed by atoms with Gasteiger partial charge in [0.25, 0.3) is 5.91 Å². The Morgan fingerprint density at radius 2 is 1.90 bits per heavy atom. The molecule has 2 aromatic rings. The number of carbonyl (C=O) groups excluding carboxylic acids is 1. The Morgan fingerprint density at radius 1 is 1.21 bits per heavy atom. The van der Waals surface area contributed by atoms with Crippen LogP contribution < -0.4 is 11.1 Å². The number of nitrogens with two attached hydrogens (primary N) is 1. The molecule has 2 aromatic carbocycles. The molecule has 0 aliphatic carbocycles. The molecule has 3 rings (SSSR count). The summed E-state index contributed by atoms with van der Waals surface area (Å²) in [6, 6.07) is 14.7. The number of rotatable bonds is 7. The van der Waals surface area contributed by atoms with E-state index in [-0.39, 0.29) is 24.2 Å². The van der Waals surface area contributed by atoms with Crippen LogP contribution in [0.2, 0.25) is 0 Å². The minimum absolute atomic E-state index is 0.0120. The molecular formula is C23H28N2O4. The maximum atomic E-state index is 12.7. The minimum Gasteiger partial charge on any atom is -0.459 e. The van der Waals surface area contributed by atoms with Gasteiger partial charge in [-0.25, -0.2) is 0 Å². The van der Waals surface area contributed by atoms with Crippen molar-refractivity contribution in [2.45, 2.75) is 39.8 Å². The van der Waals surface area contributed by atoms with Gasteiger partial charge in [0.1, 0.15) is 0 Å². The lowest BCUT2D eigenvalue weighted by Gasteiger charge is -2.31. The van der Waals surface area contributed by atoms with E-state index in [0.29, 0.717) is 30.3 Å². The van der Waals surface area contributed by atoms with Crippen LogP contribution in [0.3, 0.4) is 0 Å². The molecule has 0 radical (unpaired) electrons. The van der Waals surface area contributed by atoms with Crippen molar-refractivity contribution >= 4 is 17.3 Å². The maximum Gasteiger partial charge on any atom is 0.290 e. The molecule has 1 amide bonds. The van der Waals surface area contributed by atoms with Gasteiger partial charge < -0.3 is 25.6 Å². The standard InChI is InChI=1S/C23H28N2O4/c1-15(2)18-11-21(23(27)25-20-6-4-3-5-19(20)24)29-22(12-18)28-14-17-9-7-16(13-26)8-10-17/h3-11,15,18,22,26H,12-14,24H2,1-2H3,(H,25,27)/t18-,22+/m1/s1. The zero-order chi connectivity index (χ0) is 20.8. The number of benzene rings is 2. The maximum absolute atomic E-state index is 12.7. The SMILES string of the molecule is CC(C)[C@@H]1C=C(C(=O)Nc2ccccc2N)O[C@H](OCc2ccc(CO)cc2)C1. The summed E-state index contributed by atoms with van der Waals surface area (Å²) in [6.45, 7) is 4.60. The van der Waals surface area contributed by atoms with Crippen molar-refractivity contribution in [3.63, 3.8) is 0 Å². The van der Waals surface area contributed by atoms with Crippen LogP contribution in [-0.4, -0.2) is 17.3 Å². The first kappa shape index (κ1) is 20.9. The summed E-state index contributed by atoms with van der Waals surface area (Å²) < 4.78 is 11.8. The van der Waals surface area contributed by atoms with E-state index in [2.05, 4.69) is 19.2 Å². The highest BCUT2D eigenvalue weighted by Crippen LogP contribution is 2.30. The molecule has 0 saturated carbocycles. The molecule has 0 spiro atoms. The Morgan fingerprint density at radius 3 is 2.55 bits per heavy atom. The summed E-state index contributed by atoms with van der Waals surface area (Å²) in [5.41, 5.74) is 8.79. The summed E-state index contributed by atoms with van der Waals surface area (Å²) in [5.74, 6) is 0.422. The fraction of sp³-hybridized carbons (Fsp3) is 0.348. The van der Waals surface area contributed by atoms with Crippen LogP contribution >= 0.6 is 0 Å². The summed E-state index contributed by atoms with van der Waals surface area (Å²) in [7, 11) is 0. The molecule has 4 N–H and O–H groups in total. The third-order valence-corrected chi connectivity index (χ3v) is 5.02. The second kappa shape index (κ2) is 9.58. The smallest absolute Gasteiger partial charge is 0.290 e. The van der Waals surface area contributed by atoms with Crippen LogP contribution in [0.25, 0.3) is 0 Å². The summed E-state index contributed by atoms with van der Waals surface area (Å²) in [5, 5.41) is 12.0. The van der Waals surface area contributed by atoms with Gasteiger partial charge in [0, 0.05) is 6.42 Å². The molecule has 0 unspecified atom stereocenters. The highest BCUT2D eigenvalue weighted by atomic mass is 16.7. The van der Waals surface area contributed by atoms with Gasteiger partial charge in [-0.3, -0.25) is 4.79 Å². The molecule has 0 bridgehead atoms. The Labute approximate surface area is 171 Å². The Hall–Kier alpha value is -2.83. The summed E-state index contributed by atoms with van der Waals surface area (Å²) in [6.07, 6.45) is 2.03. The van der Waals surface area contributed by atoms with Gasteiger partial charge >= 0.3 is 0 Å². The molecular weight excluding hydrogens is 368 g/mol. The van der Waals surface area contributed by atoms with Gasteiger partial charge in [-0.05, 0) is 41.2 Å². The fourth-order valence-corrected chi connectivity index (χ4v) is 3.13. The van der Waals surface area contributed by atoms with E-state index in [1.54, 1.807) is 12.1 Å². The van der Waals surface area contributed by atoms with E-state index in [1.165, 1.54) is 0 Å². The number of aliphatic hydroxyl groups excluding tert-OH is 1. The minimum atomic E-state index is -0.515. The predicted octanol–water partition coefficient (Wildman–Crippen LogP) is 3.82. The van der Waals surface area contributed by atoms with Crippen LogP contribution in [0.15, 0.2) is 60.4 Å². The first-order valence-electron chi connectivity index (χ1n) is 9.81. The molecule has 1 heterocycles. The van der Waals surface area contributed by atoms with E-state index < -0.39 is 6.29 Å². The molecule has 2 atom stereocenters. The van der Waals surface area contributed by atoms with Crippen molar-refractivity contribution in [1.82, 2.24) is 0 Å². The third-order valence-electron chi connectivity index (χ3n) is 5.02. The molecule has 0 aromatic heterocycles. The van der Waals surface area contributed by atoms with E-state index in [4.69, 9.17) is 20.3 Å². The number of aliphatic hydroxyl groups is 1. The van der Waals surface area contributed by atoms with E-state index in [0.717, 1.165) is 11.1 Å².